The molecule has 0 spiro atoms. The van der Waals surface area contributed by atoms with Gasteiger partial charge in [0.1, 0.15) is 0 Å². The van der Waals surface area contributed by atoms with E-state index in [1.54, 1.807) is 0 Å². The number of nitrogens with one attached hydrogen (secondary N) is 1. The second-order valence-electron chi connectivity index (χ2n) is 5.21. The number of thioether (sulfide) groups is 1. The molecule has 0 aromatic carbocycles. The average molecular weight is 244 g/mol. The largest absolute Gasteiger partial charge is 0.375 e. The van der Waals surface area contributed by atoms with E-state index in [0.717, 1.165) is 24.0 Å². The van der Waals surface area contributed by atoms with Crippen molar-refractivity contribution in [1.29, 1.82) is 0 Å². The van der Waals surface area contributed by atoms with Crippen molar-refractivity contribution in [1.82, 2.24) is 5.43 Å². The van der Waals surface area contributed by atoms with Crippen molar-refractivity contribution in [3.63, 3.8) is 0 Å². The SMILES string of the molecule is CC1CCCC(C(NN)C2CSCCO2)C1. The van der Waals surface area contributed by atoms with Gasteiger partial charge in [-0.15, -0.1) is 0 Å². The first-order valence-corrected chi connectivity index (χ1v) is 7.62. The maximum absolute atomic E-state index is 5.86. The van der Waals surface area contributed by atoms with Crippen molar-refractivity contribution in [3.8, 4) is 0 Å². The highest BCUT2D eigenvalue weighted by Crippen LogP contribution is 2.33. The average Bonchev–Trinajstić information content (AvgIpc) is 2.31. The first kappa shape index (κ1) is 12.7. The van der Waals surface area contributed by atoms with E-state index in [2.05, 4.69) is 12.3 Å². The number of ether oxygens (including phenoxy) is 1. The molecule has 0 bridgehead atoms. The molecule has 1 saturated carbocycles. The highest BCUT2D eigenvalue weighted by molar-refractivity contribution is 7.99. The molecule has 1 aliphatic carbocycles. The molecule has 2 rings (SSSR count). The Labute approximate surface area is 103 Å². The molecule has 94 valence electrons. The number of hydrazine groups is 1. The van der Waals surface area contributed by atoms with E-state index < -0.39 is 0 Å². The third-order valence-electron chi connectivity index (χ3n) is 3.92. The molecular formula is C12H24N2OS. The number of hydrogen-bond acceptors (Lipinski definition) is 4. The van der Waals surface area contributed by atoms with Gasteiger partial charge in [-0.1, -0.05) is 19.8 Å². The van der Waals surface area contributed by atoms with Crippen molar-refractivity contribution in [2.45, 2.75) is 44.8 Å². The van der Waals surface area contributed by atoms with Gasteiger partial charge in [0.2, 0.25) is 0 Å². The molecule has 1 aliphatic heterocycles. The summed E-state index contributed by atoms with van der Waals surface area (Å²) in [5.74, 6) is 9.53. The monoisotopic (exact) mass is 244 g/mol. The highest BCUT2D eigenvalue weighted by Gasteiger charge is 2.33. The van der Waals surface area contributed by atoms with Crippen LogP contribution >= 0.6 is 11.8 Å². The quantitative estimate of drug-likeness (QED) is 0.587. The third kappa shape index (κ3) is 3.13. The summed E-state index contributed by atoms with van der Waals surface area (Å²) >= 11 is 1.99. The van der Waals surface area contributed by atoms with Crippen LogP contribution in [0.2, 0.25) is 0 Å². The van der Waals surface area contributed by atoms with E-state index in [0.29, 0.717) is 18.1 Å². The first-order chi connectivity index (χ1) is 7.81. The van der Waals surface area contributed by atoms with E-state index in [1.807, 2.05) is 11.8 Å². The molecule has 0 aromatic heterocycles. The van der Waals surface area contributed by atoms with E-state index >= 15 is 0 Å². The number of hydrogen-bond donors (Lipinski definition) is 2. The summed E-state index contributed by atoms with van der Waals surface area (Å²) in [7, 11) is 0. The molecule has 0 amide bonds. The van der Waals surface area contributed by atoms with Gasteiger partial charge < -0.3 is 4.74 Å². The molecular weight excluding hydrogens is 220 g/mol. The first-order valence-electron chi connectivity index (χ1n) is 6.46. The van der Waals surface area contributed by atoms with Gasteiger partial charge in [0.25, 0.3) is 0 Å². The Balaban J connectivity index is 1.91. The van der Waals surface area contributed by atoms with Crippen LogP contribution in [0.5, 0.6) is 0 Å². The predicted octanol–water partition coefficient (Wildman–Crippen LogP) is 1.78. The summed E-state index contributed by atoms with van der Waals surface area (Å²) in [6.07, 6.45) is 5.67. The fourth-order valence-corrected chi connectivity index (χ4v) is 3.98. The third-order valence-corrected chi connectivity index (χ3v) is 4.94. The standard InChI is InChI=1S/C12H24N2OS/c1-9-3-2-4-10(7-9)12(14-13)11-8-16-6-5-15-11/h9-12,14H,2-8,13H2,1H3. The number of rotatable bonds is 3. The van der Waals surface area contributed by atoms with Gasteiger partial charge in [-0.2, -0.15) is 11.8 Å². The van der Waals surface area contributed by atoms with Crippen molar-refractivity contribution in [2.75, 3.05) is 18.1 Å². The molecule has 1 heterocycles. The zero-order valence-electron chi connectivity index (χ0n) is 10.2. The van der Waals surface area contributed by atoms with Gasteiger partial charge in [-0.25, -0.2) is 0 Å². The molecule has 2 fully saturated rings. The maximum Gasteiger partial charge on any atom is 0.0834 e. The zero-order chi connectivity index (χ0) is 11.4. The van der Waals surface area contributed by atoms with Gasteiger partial charge >= 0.3 is 0 Å². The van der Waals surface area contributed by atoms with Crippen LogP contribution < -0.4 is 11.3 Å². The second kappa shape index (κ2) is 6.24. The van der Waals surface area contributed by atoms with E-state index in [9.17, 15) is 0 Å². The van der Waals surface area contributed by atoms with Crippen LogP contribution in [0.25, 0.3) is 0 Å². The van der Waals surface area contributed by atoms with Crippen LogP contribution in [0.1, 0.15) is 32.6 Å². The molecule has 4 atom stereocenters. The molecule has 1 saturated heterocycles. The van der Waals surface area contributed by atoms with Crippen LogP contribution in [0.3, 0.4) is 0 Å². The van der Waals surface area contributed by atoms with Gasteiger partial charge in [-0.3, -0.25) is 11.3 Å². The van der Waals surface area contributed by atoms with Gasteiger partial charge in [-0.05, 0) is 24.7 Å². The lowest BCUT2D eigenvalue weighted by Gasteiger charge is -2.38. The minimum absolute atomic E-state index is 0.319. The van der Waals surface area contributed by atoms with Crippen molar-refractivity contribution >= 4 is 11.8 Å². The van der Waals surface area contributed by atoms with Crippen LogP contribution in [0, 0.1) is 11.8 Å². The molecule has 16 heavy (non-hydrogen) atoms. The molecule has 0 radical (unpaired) electrons. The van der Waals surface area contributed by atoms with Crippen LogP contribution in [-0.4, -0.2) is 30.3 Å². The summed E-state index contributed by atoms with van der Waals surface area (Å²) in [5.41, 5.74) is 3.02. The van der Waals surface area contributed by atoms with Crippen molar-refractivity contribution < 1.29 is 4.74 Å². The number of nitrogens with two attached hydrogens (primary N) is 1. The minimum Gasteiger partial charge on any atom is -0.375 e. The van der Waals surface area contributed by atoms with Crippen LogP contribution in [0.15, 0.2) is 0 Å². The summed E-state index contributed by atoms with van der Waals surface area (Å²) in [4.78, 5) is 0. The molecule has 4 heteroatoms. The predicted molar refractivity (Wildman–Crippen MR) is 69.3 cm³/mol. The molecule has 3 N–H and O–H groups in total. The minimum atomic E-state index is 0.319. The Kier molecular flexibility index (Phi) is 4.95. The van der Waals surface area contributed by atoms with Crippen LogP contribution in [-0.2, 0) is 4.74 Å². The van der Waals surface area contributed by atoms with Crippen molar-refractivity contribution in [2.24, 2.45) is 17.7 Å². The fourth-order valence-electron chi connectivity index (χ4n) is 3.07. The summed E-state index contributed by atoms with van der Waals surface area (Å²) in [5, 5.41) is 0. The van der Waals surface area contributed by atoms with Gasteiger partial charge in [0, 0.05) is 11.5 Å². The van der Waals surface area contributed by atoms with Crippen molar-refractivity contribution in [3.05, 3.63) is 0 Å². The summed E-state index contributed by atoms with van der Waals surface area (Å²) in [6, 6.07) is 0.357. The summed E-state index contributed by atoms with van der Waals surface area (Å²) < 4.78 is 5.86. The molecule has 2 aliphatic rings. The van der Waals surface area contributed by atoms with E-state index in [-0.39, 0.29) is 0 Å². The lowest BCUT2D eigenvalue weighted by Crippen LogP contribution is -2.52. The Morgan fingerprint density at radius 1 is 1.44 bits per heavy atom. The van der Waals surface area contributed by atoms with Crippen LogP contribution in [0.4, 0.5) is 0 Å². The highest BCUT2D eigenvalue weighted by atomic mass is 32.2. The zero-order valence-corrected chi connectivity index (χ0v) is 11.0. The Morgan fingerprint density at radius 2 is 2.31 bits per heavy atom. The maximum atomic E-state index is 5.86. The van der Waals surface area contributed by atoms with Gasteiger partial charge in [0.05, 0.1) is 18.8 Å². The molecule has 0 aromatic rings. The topological polar surface area (TPSA) is 47.3 Å². The summed E-state index contributed by atoms with van der Waals surface area (Å²) in [6.45, 7) is 3.24. The van der Waals surface area contributed by atoms with E-state index in [4.69, 9.17) is 10.6 Å². The Hall–Kier alpha value is 0.230. The van der Waals surface area contributed by atoms with E-state index in [1.165, 1.54) is 25.7 Å². The lowest BCUT2D eigenvalue weighted by atomic mass is 9.77. The Morgan fingerprint density at radius 3 is 2.94 bits per heavy atom. The molecule has 3 nitrogen and oxygen atoms in total. The van der Waals surface area contributed by atoms with Gasteiger partial charge in [0.15, 0.2) is 0 Å². The normalized spacial score (nSPS) is 38.2. The fraction of sp³-hybridized carbons (Fsp3) is 1.00. The Bertz CT molecular complexity index is 209. The molecule has 4 unspecified atom stereocenters. The second-order valence-corrected chi connectivity index (χ2v) is 6.36. The smallest absolute Gasteiger partial charge is 0.0834 e. The lowest BCUT2D eigenvalue weighted by molar-refractivity contribution is 0.0197.